The van der Waals surface area contributed by atoms with E-state index in [2.05, 4.69) is 10.1 Å². The van der Waals surface area contributed by atoms with Gasteiger partial charge in [0.2, 0.25) is 0 Å². The molecule has 0 aromatic heterocycles. The van der Waals surface area contributed by atoms with E-state index < -0.39 is 13.0 Å². The Balaban J connectivity index is 2.30. The SMILES string of the molecule is CC(NCCOC(F)(F)F)c1ccc(Cl)cc1. The Hall–Kier alpha value is -0.780. The van der Waals surface area contributed by atoms with Crippen LogP contribution < -0.4 is 5.32 Å². The fourth-order valence-corrected chi connectivity index (χ4v) is 1.44. The van der Waals surface area contributed by atoms with Crippen LogP contribution in [0.5, 0.6) is 0 Å². The molecular weight excluding hydrogens is 255 g/mol. The topological polar surface area (TPSA) is 21.3 Å². The Labute approximate surface area is 103 Å². The highest BCUT2D eigenvalue weighted by atomic mass is 35.5. The first-order valence-electron chi connectivity index (χ1n) is 5.08. The molecular formula is C11H13ClF3NO. The Morgan fingerprint density at radius 3 is 2.41 bits per heavy atom. The molecule has 6 heteroatoms. The van der Waals surface area contributed by atoms with Gasteiger partial charge in [0.05, 0.1) is 6.61 Å². The summed E-state index contributed by atoms with van der Waals surface area (Å²) in [6.45, 7) is 1.58. The van der Waals surface area contributed by atoms with E-state index in [0.29, 0.717) is 5.02 Å². The molecule has 2 nitrogen and oxygen atoms in total. The van der Waals surface area contributed by atoms with Gasteiger partial charge in [0.25, 0.3) is 0 Å². The van der Waals surface area contributed by atoms with E-state index in [1.165, 1.54) is 0 Å². The number of hydrogen-bond donors (Lipinski definition) is 1. The van der Waals surface area contributed by atoms with Crippen molar-refractivity contribution in [2.45, 2.75) is 19.3 Å². The molecule has 17 heavy (non-hydrogen) atoms. The second kappa shape index (κ2) is 6.23. The van der Waals surface area contributed by atoms with Gasteiger partial charge in [-0.2, -0.15) is 0 Å². The molecule has 0 saturated carbocycles. The number of halogens is 4. The molecule has 0 bridgehead atoms. The molecule has 0 heterocycles. The summed E-state index contributed by atoms with van der Waals surface area (Å²) in [4.78, 5) is 0. The van der Waals surface area contributed by atoms with Crippen LogP contribution in [0.1, 0.15) is 18.5 Å². The lowest BCUT2D eigenvalue weighted by atomic mass is 10.1. The van der Waals surface area contributed by atoms with Gasteiger partial charge in [-0.3, -0.25) is 4.74 Å². The molecule has 1 aromatic rings. The quantitative estimate of drug-likeness (QED) is 0.824. The maximum absolute atomic E-state index is 11.7. The number of alkyl halides is 3. The molecule has 1 N–H and O–H groups in total. The van der Waals surface area contributed by atoms with E-state index in [1.54, 1.807) is 12.1 Å². The molecule has 1 unspecified atom stereocenters. The largest absolute Gasteiger partial charge is 0.522 e. The Morgan fingerprint density at radius 1 is 1.29 bits per heavy atom. The first-order valence-corrected chi connectivity index (χ1v) is 5.46. The summed E-state index contributed by atoms with van der Waals surface area (Å²) in [5.74, 6) is 0. The van der Waals surface area contributed by atoms with Gasteiger partial charge in [-0.1, -0.05) is 23.7 Å². The number of nitrogens with one attached hydrogen (secondary N) is 1. The van der Waals surface area contributed by atoms with Crippen molar-refractivity contribution in [1.82, 2.24) is 5.32 Å². The lowest BCUT2D eigenvalue weighted by Gasteiger charge is -2.15. The number of ether oxygens (including phenoxy) is 1. The number of rotatable bonds is 5. The summed E-state index contributed by atoms with van der Waals surface area (Å²) >= 11 is 5.73. The van der Waals surface area contributed by atoms with E-state index in [9.17, 15) is 13.2 Å². The van der Waals surface area contributed by atoms with E-state index >= 15 is 0 Å². The van der Waals surface area contributed by atoms with Gasteiger partial charge < -0.3 is 5.32 Å². The third kappa shape index (κ3) is 5.91. The molecule has 1 rings (SSSR count). The molecule has 0 fully saturated rings. The summed E-state index contributed by atoms with van der Waals surface area (Å²) in [6.07, 6.45) is -4.56. The van der Waals surface area contributed by atoms with E-state index in [0.717, 1.165) is 5.56 Å². The fourth-order valence-electron chi connectivity index (χ4n) is 1.31. The summed E-state index contributed by atoms with van der Waals surface area (Å²) in [5.41, 5.74) is 0.960. The van der Waals surface area contributed by atoms with Crippen molar-refractivity contribution in [2.75, 3.05) is 13.2 Å². The van der Waals surface area contributed by atoms with Crippen molar-refractivity contribution in [3.8, 4) is 0 Å². The van der Waals surface area contributed by atoms with Gasteiger partial charge in [-0.25, -0.2) is 0 Å². The lowest BCUT2D eigenvalue weighted by molar-refractivity contribution is -0.323. The Kier molecular flexibility index (Phi) is 5.24. The van der Waals surface area contributed by atoms with Crippen molar-refractivity contribution in [3.63, 3.8) is 0 Å². The average molecular weight is 268 g/mol. The summed E-state index contributed by atoms with van der Waals surface area (Å²) < 4.78 is 38.7. The molecule has 96 valence electrons. The highest BCUT2D eigenvalue weighted by Crippen LogP contribution is 2.17. The third-order valence-electron chi connectivity index (χ3n) is 2.19. The minimum atomic E-state index is -4.56. The van der Waals surface area contributed by atoms with Crippen LogP contribution in [0.2, 0.25) is 5.02 Å². The van der Waals surface area contributed by atoms with Gasteiger partial charge in [0.15, 0.2) is 0 Å². The maximum atomic E-state index is 11.7. The smallest absolute Gasteiger partial charge is 0.308 e. The van der Waals surface area contributed by atoms with E-state index in [-0.39, 0.29) is 12.6 Å². The van der Waals surface area contributed by atoms with Gasteiger partial charge in [0, 0.05) is 17.6 Å². The van der Waals surface area contributed by atoms with Crippen molar-refractivity contribution in [3.05, 3.63) is 34.9 Å². The van der Waals surface area contributed by atoms with Crippen LogP contribution in [0, 0.1) is 0 Å². The zero-order valence-corrected chi connectivity index (χ0v) is 9.98. The van der Waals surface area contributed by atoms with Gasteiger partial charge in [-0.15, -0.1) is 13.2 Å². The first kappa shape index (κ1) is 14.3. The minimum Gasteiger partial charge on any atom is -0.308 e. The normalized spacial score (nSPS) is 13.7. The Bertz CT molecular complexity index is 340. The van der Waals surface area contributed by atoms with Crippen molar-refractivity contribution in [1.29, 1.82) is 0 Å². The zero-order valence-electron chi connectivity index (χ0n) is 9.22. The molecule has 0 amide bonds. The van der Waals surface area contributed by atoms with Gasteiger partial charge in [-0.05, 0) is 24.6 Å². The van der Waals surface area contributed by atoms with E-state index in [1.807, 2.05) is 19.1 Å². The molecule has 0 saturated heterocycles. The summed E-state index contributed by atoms with van der Waals surface area (Å²) in [7, 11) is 0. The Morgan fingerprint density at radius 2 is 1.88 bits per heavy atom. The molecule has 0 spiro atoms. The molecule has 0 aliphatic heterocycles. The second-order valence-electron chi connectivity index (χ2n) is 3.52. The van der Waals surface area contributed by atoms with Crippen LogP contribution in [0.3, 0.4) is 0 Å². The second-order valence-corrected chi connectivity index (χ2v) is 3.96. The fraction of sp³-hybridized carbons (Fsp3) is 0.455. The van der Waals surface area contributed by atoms with Crippen LogP contribution in [0.15, 0.2) is 24.3 Å². The number of benzene rings is 1. The van der Waals surface area contributed by atoms with Crippen LogP contribution in [0.25, 0.3) is 0 Å². The standard InChI is InChI=1S/C11H13ClF3NO/c1-8(9-2-4-10(12)5-3-9)16-6-7-17-11(13,14)15/h2-5,8,16H,6-7H2,1H3. The van der Waals surface area contributed by atoms with Gasteiger partial charge in [0.1, 0.15) is 0 Å². The van der Waals surface area contributed by atoms with E-state index in [4.69, 9.17) is 11.6 Å². The van der Waals surface area contributed by atoms with Crippen LogP contribution in [0.4, 0.5) is 13.2 Å². The minimum absolute atomic E-state index is 0.0518. The van der Waals surface area contributed by atoms with Crippen LogP contribution in [-0.4, -0.2) is 19.5 Å². The van der Waals surface area contributed by atoms with Crippen molar-refractivity contribution < 1.29 is 17.9 Å². The predicted octanol–water partition coefficient (Wildman–Crippen LogP) is 3.53. The summed E-state index contributed by atoms with van der Waals surface area (Å²) in [6, 6.07) is 7.07. The number of hydrogen-bond acceptors (Lipinski definition) is 2. The molecule has 0 aliphatic rings. The highest BCUT2D eigenvalue weighted by Gasteiger charge is 2.28. The summed E-state index contributed by atoms with van der Waals surface area (Å²) in [5, 5.41) is 3.55. The average Bonchev–Trinajstić information content (AvgIpc) is 2.24. The molecule has 0 aliphatic carbocycles. The maximum Gasteiger partial charge on any atom is 0.522 e. The first-order chi connectivity index (χ1) is 7.88. The van der Waals surface area contributed by atoms with Crippen molar-refractivity contribution >= 4 is 11.6 Å². The highest BCUT2D eigenvalue weighted by molar-refractivity contribution is 6.30. The monoisotopic (exact) mass is 267 g/mol. The van der Waals surface area contributed by atoms with Crippen LogP contribution >= 0.6 is 11.6 Å². The lowest BCUT2D eigenvalue weighted by Crippen LogP contribution is -2.26. The van der Waals surface area contributed by atoms with Gasteiger partial charge >= 0.3 is 6.36 Å². The molecule has 1 atom stereocenters. The van der Waals surface area contributed by atoms with Crippen LogP contribution in [-0.2, 0) is 4.74 Å². The molecule has 1 aromatic carbocycles. The molecule has 0 radical (unpaired) electrons. The van der Waals surface area contributed by atoms with Crippen molar-refractivity contribution in [2.24, 2.45) is 0 Å². The zero-order chi connectivity index (χ0) is 12.9. The predicted molar refractivity (Wildman–Crippen MR) is 59.9 cm³/mol. The third-order valence-corrected chi connectivity index (χ3v) is 2.44.